The van der Waals surface area contributed by atoms with Crippen LogP contribution < -0.4 is 20.5 Å². The minimum atomic E-state index is -0.390. The summed E-state index contributed by atoms with van der Waals surface area (Å²) in [6.07, 6.45) is 0. The third-order valence-electron chi connectivity index (χ3n) is 4.15. The topological polar surface area (TPSA) is 86.5 Å². The summed E-state index contributed by atoms with van der Waals surface area (Å²) in [4.78, 5) is 17.2. The Morgan fingerprint density at radius 3 is 2.17 bits per heavy atom. The Labute approximate surface area is 177 Å². The molecule has 1 aromatic heterocycles. The summed E-state index contributed by atoms with van der Waals surface area (Å²) in [7, 11) is 0. The molecule has 0 fully saturated rings. The number of aromatic nitrogens is 1. The highest BCUT2D eigenvalue weighted by atomic mass is 32.1. The van der Waals surface area contributed by atoms with Crippen molar-refractivity contribution in [2.45, 2.75) is 6.92 Å². The summed E-state index contributed by atoms with van der Waals surface area (Å²) in [5.74, 6) is 1.60. The number of para-hydroxylation sites is 2. The van der Waals surface area contributed by atoms with Gasteiger partial charge >= 0.3 is 0 Å². The second kappa shape index (κ2) is 8.67. The van der Waals surface area contributed by atoms with Crippen LogP contribution >= 0.6 is 11.3 Å². The average Bonchev–Trinajstić information content (AvgIpc) is 3.16. The van der Waals surface area contributed by atoms with Crippen molar-refractivity contribution in [1.82, 2.24) is 4.98 Å². The lowest BCUT2D eigenvalue weighted by Gasteiger charge is -2.15. The van der Waals surface area contributed by atoms with Crippen LogP contribution in [0.15, 0.2) is 78.2 Å². The highest BCUT2D eigenvalue weighted by Gasteiger charge is 2.19. The van der Waals surface area contributed by atoms with Gasteiger partial charge in [0, 0.05) is 11.4 Å². The summed E-state index contributed by atoms with van der Waals surface area (Å²) < 4.78 is 11.9. The molecule has 4 aromatic rings. The van der Waals surface area contributed by atoms with Gasteiger partial charge in [-0.15, -0.1) is 11.3 Å². The third kappa shape index (κ3) is 4.59. The Bertz CT molecular complexity index is 1160. The Morgan fingerprint density at radius 1 is 0.933 bits per heavy atom. The Balaban J connectivity index is 1.70. The fraction of sp³-hybridized carbons (Fsp3) is 0.0435. The van der Waals surface area contributed by atoms with Gasteiger partial charge in [0.1, 0.15) is 17.2 Å². The second-order valence-corrected chi connectivity index (χ2v) is 7.32. The molecule has 30 heavy (non-hydrogen) atoms. The molecule has 0 unspecified atom stereocenters. The van der Waals surface area contributed by atoms with Crippen LogP contribution in [0, 0.1) is 6.92 Å². The third-order valence-corrected chi connectivity index (χ3v) is 5.03. The van der Waals surface area contributed by atoms with Crippen LogP contribution in [0.4, 0.5) is 10.8 Å². The fourth-order valence-corrected chi connectivity index (χ4v) is 3.43. The maximum Gasteiger partial charge on any atom is 0.259 e. The highest BCUT2D eigenvalue weighted by molar-refractivity contribution is 7.13. The van der Waals surface area contributed by atoms with E-state index in [9.17, 15) is 4.79 Å². The predicted molar refractivity (Wildman–Crippen MR) is 119 cm³/mol. The molecule has 3 N–H and O–H groups in total. The second-order valence-electron chi connectivity index (χ2n) is 6.46. The summed E-state index contributed by atoms with van der Waals surface area (Å²) in [5.41, 5.74) is 7.58. The smallest absolute Gasteiger partial charge is 0.259 e. The number of carbonyl (C=O) groups excluding carboxylic acids is 1. The fourth-order valence-electron chi connectivity index (χ4n) is 2.75. The van der Waals surface area contributed by atoms with Gasteiger partial charge in [-0.2, -0.15) is 0 Å². The van der Waals surface area contributed by atoms with E-state index in [1.165, 1.54) is 11.3 Å². The SMILES string of the molecule is Cc1csc(NC(=O)c2cc(Oc3ccccc3)cc(Oc3ccccc3)c2N)n1. The molecule has 0 bridgehead atoms. The van der Waals surface area contributed by atoms with E-state index >= 15 is 0 Å². The van der Waals surface area contributed by atoms with Gasteiger partial charge in [0.15, 0.2) is 10.9 Å². The van der Waals surface area contributed by atoms with Gasteiger partial charge in [-0.25, -0.2) is 4.98 Å². The van der Waals surface area contributed by atoms with Crippen molar-refractivity contribution in [3.05, 3.63) is 89.4 Å². The zero-order valence-electron chi connectivity index (χ0n) is 16.2. The first-order valence-electron chi connectivity index (χ1n) is 9.21. The van der Waals surface area contributed by atoms with Crippen molar-refractivity contribution in [1.29, 1.82) is 0 Å². The molecule has 0 aliphatic carbocycles. The Morgan fingerprint density at radius 2 is 1.57 bits per heavy atom. The predicted octanol–water partition coefficient (Wildman–Crippen LogP) is 5.87. The minimum absolute atomic E-state index is 0.213. The number of rotatable bonds is 6. The van der Waals surface area contributed by atoms with E-state index in [0.717, 1.165) is 5.69 Å². The number of nitrogens with zero attached hydrogens (tertiary/aromatic N) is 1. The number of hydrogen-bond acceptors (Lipinski definition) is 6. The van der Waals surface area contributed by atoms with Crippen LogP contribution in [0.5, 0.6) is 23.0 Å². The maximum atomic E-state index is 12.9. The van der Waals surface area contributed by atoms with E-state index in [1.54, 1.807) is 12.1 Å². The van der Waals surface area contributed by atoms with E-state index in [4.69, 9.17) is 15.2 Å². The highest BCUT2D eigenvalue weighted by Crippen LogP contribution is 2.36. The number of anilines is 2. The van der Waals surface area contributed by atoms with Crippen LogP contribution in [0.25, 0.3) is 0 Å². The average molecular weight is 417 g/mol. The van der Waals surface area contributed by atoms with Gasteiger partial charge in [-0.05, 0) is 37.3 Å². The molecule has 1 amide bonds. The van der Waals surface area contributed by atoms with Gasteiger partial charge in [0.2, 0.25) is 0 Å². The molecule has 1 heterocycles. The van der Waals surface area contributed by atoms with Crippen molar-refractivity contribution >= 4 is 28.1 Å². The number of nitrogens with two attached hydrogens (primary N) is 1. The van der Waals surface area contributed by atoms with Crippen molar-refractivity contribution in [2.75, 3.05) is 11.1 Å². The van der Waals surface area contributed by atoms with Crippen LogP contribution in [0.1, 0.15) is 16.1 Å². The number of thiazole rings is 1. The number of aryl methyl sites for hydroxylation is 1. The van der Waals surface area contributed by atoms with Gasteiger partial charge in [0.25, 0.3) is 5.91 Å². The Kier molecular flexibility index (Phi) is 5.63. The summed E-state index contributed by atoms with van der Waals surface area (Å²) in [5, 5.41) is 5.14. The number of carbonyl (C=O) groups is 1. The molecule has 0 spiro atoms. The van der Waals surface area contributed by atoms with Crippen molar-refractivity contribution in [3.8, 4) is 23.0 Å². The number of nitrogens with one attached hydrogen (secondary N) is 1. The van der Waals surface area contributed by atoms with Crippen molar-refractivity contribution < 1.29 is 14.3 Å². The van der Waals surface area contributed by atoms with E-state index in [2.05, 4.69) is 10.3 Å². The van der Waals surface area contributed by atoms with Gasteiger partial charge in [-0.3, -0.25) is 10.1 Å². The molecule has 3 aromatic carbocycles. The molecule has 6 nitrogen and oxygen atoms in total. The first-order chi connectivity index (χ1) is 14.6. The van der Waals surface area contributed by atoms with E-state index in [1.807, 2.05) is 73.0 Å². The summed E-state index contributed by atoms with van der Waals surface area (Å²) in [6, 6.07) is 21.8. The Hall–Kier alpha value is -3.84. The van der Waals surface area contributed by atoms with E-state index < -0.39 is 5.91 Å². The van der Waals surface area contributed by atoms with Crippen LogP contribution in [-0.4, -0.2) is 10.9 Å². The molecule has 0 saturated heterocycles. The molecule has 0 saturated carbocycles. The number of nitrogen functional groups attached to an aromatic ring is 1. The standard InChI is InChI=1S/C23H19N3O3S/c1-15-14-30-23(25-15)26-22(27)19-12-18(28-16-8-4-2-5-9-16)13-20(21(19)24)29-17-10-6-3-7-11-17/h2-14H,24H2,1H3,(H,25,26,27). The minimum Gasteiger partial charge on any atom is -0.457 e. The molecule has 0 radical (unpaired) electrons. The molecule has 0 aliphatic heterocycles. The van der Waals surface area contributed by atoms with Gasteiger partial charge in [0.05, 0.1) is 16.9 Å². The zero-order chi connectivity index (χ0) is 20.9. The molecule has 0 atom stereocenters. The first kappa shape index (κ1) is 19.5. The molecule has 7 heteroatoms. The summed E-state index contributed by atoms with van der Waals surface area (Å²) >= 11 is 1.35. The lowest BCUT2D eigenvalue weighted by atomic mass is 10.1. The first-order valence-corrected chi connectivity index (χ1v) is 10.1. The van der Waals surface area contributed by atoms with E-state index in [0.29, 0.717) is 28.1 Å². The van der Waals surface area contributed by atoms with Crippen LogP contribution in [0.3, 0.4) is 0 Å². The molecule has 150 valence electrons. The molecule has 0 aliphatic rings. The van der Waals surface area contributed by atoms with Crippen LogP contribution in [-0.2, 0) is 0 Å². The van der Waals surface area contributed by atoms with Gasteiger partial charge in [-0.1, -0.05) is 36.4 Å². The monoisotopic (exact) mass is 417 g/mol. The normalized spacial score (nSPS) is 10.4. The largest absolute Gasteiger partial charge is 0.457 e. The number of benzene rings is 3. The lowest BCUT2D eigenvalue weighted by Crippen LogP contribution is -2.14. The number of amides is 1. The maximum absolute atomic E-state index is 12.9. The molecular formula is C23H19N3O3S. The number of hydrogen-bond donors (Lipinski definition) is 2. The van der Waals surface area contributed by atoms with Crippen molar-refractivity contribution in [2.24, 2.45) is 0 Å². The van der Waals surface area contributed by atoms with E-state index in [-0.39, 0.29) is 11.3 Å². The summed E-state index contributed by atoms with van der Waals surface area (Å²) in [6.45, 7) is 1.86. The lowest BCUT2D eigenvalue weighted by molar-refractivity contribution is 0.102. The van der Waals surface area contributed by atoms with Gasteiger partial charge < -0.3 is 15.2 Å². The molecule has 4 rings (SSSR count). The van der Waals surface area contributed by atoms with Crippen LogP contribution in [0.2, 0.25) is 0 Å². The molecular weight excluding hydrogens is 398 g/mol. The quantitative estimate of drug-likeness (QED) is 0.383. The zero-order valence-corrected chi connectivity index (χ0v) is 17.0. The number of ether oxygens (including phenoxy) is 2. The van der Waals surface area contributed by atoms with Crippen molar-refractivity contribution in [3.63, 3.8) is 0 Å².